The summed E-state index contributed by atoms with van der Waals surface area (Å²) in [5.74, 6) is -2.54. The highest BCUT2D eigenvalue weighted by Crippen LogP contribution is 2.38. The lowest BCUT2D eigenvalue weighted by molar-refractivity contribution is 0.374. The van der Waals surface area contributed by atoms with Crippen LogP contribution in [0.25, 0.3) is 11.1 Å². The van der Waals surface area contributed by atoms with Crippen molar-refractivity contribution in [2.45, 2.75) is 44.2 Å². The van der Waals surface area contributed by atoms with Crippen LogP contribution in [0, 0.1) is 12.7 Å². The summed E-state index contributed by atoms with van der Waals surface area (Å²) in [4.78, 5) is 11.5. The van der Waals surface area contributed by atoms with Gasteiger partial charge < -0.3 is 9.15 Å². The molecule has 0 saturated heterocycles. The van der Waals surface area contributed by atoms with E-state index < -0.39 is 33.6 Å². The van der Waals surface area contributed by atoms with Gasteiger partial charge in [-0.05, 0) is 48.7 Å². The molecule has 2 aromatic heterocycles. The third-order valence-corrected chi connectivity index (χ3v) is 7.82. The van der Waals surface area contributed by atoms with Gasteiger partial charge in [0.2, 0.25) is 15.9 Å². The first-order chi connectivity index (χ1) is 17.6. The van der Waals surface area contributed by atoms with Crippen molar-refractivity contribution < 1.29 is 22.0 Å². The third kappa shape index (κ3) is 5.31. The van der Waals surface area contributed by atoms with E-state index in [-0.39, 0.29) is 27.1 Å². The van der Waals surface area contributed by atoms with E-state index in [9.17, 15) is 13.2 Å². The minimum Gasteiger partial charge on any atom is -0.495 e. The molecule has 2 atom stereocenters. The van der Waals surface area contributed by atoms with Gasteiger partial charge in [0.15, 0.2) is 0 Å². The van der Waals surface area contributed by atoms with Crippen LogP contribution < -0.4 is 15.2 Å². The van der Waals surface area contributed by atoms with Gasteiger partial charge in [-0.1, -0.05) is 24.6 Å². The number of hydrogen-bond donors (Lipinski definition) is 2. The molecule has 0 amide bonds. The van der Waals surface area contributed by atoms with Crippen molar-refractivity contribution in [3.05, 3.63) is 81.1 Å². The van der Waals surface area contributed by atoms with Crippen LogP contribution in [0.5, 0.6) is 5.75 Å². The second-order valence-electron chi connectivity index (χ2n) is 8.35. The maximum atomic E-state index is 15.3. The van der Waals surface area contributed by atoms with Crippen LogP contribution in [-0.4, -0.2) is 35.5 Å². The molecule has 0 aliphatic heterocycles. The summed E-state index contributed by atoms with van der Waals surface area (Å²) in [6.07, 6.45) is 3.52. The molecule has 0 aliphatic rings. The molecule has 2 aromatic carbocycles. The highest BCUT2D eigenvalue weighted by atomic mass is 35.5. The maximum absolute atomic E-state index is 15.3. The number of methoxy groups -OCH3 is 1. The number of aromatic amines is 1. The molecule has 37 heavy (non-hydrogen) atoms. The van der Waals surface area contributed by atoms with Gasteiger partial charge in [-0.2, -0.15) is 9.82 Å². The Bertz CT molecular complexity index is 1600. The molecule has 2 N–H and O–H groups in total. The molecule has 10 nitrogen and oxygen atoms in total. The minimum absolute atomic E-state index is 0.00665. The Morgan fingerprint density at radius 2 is 2.05 bits per heavy atom. The Balaban J connectivity index is 1.81. The minimum atomic E-state index is -4.28. The number of aromatic nitrogens is 4. The first-order valence-electron chi connectivity index (χ1n) is 11.3. The van der Waals surface area contributed by atoms with Crippen molar-refractivity contribution in [2.24, 2.45) is 0 Å². The molecule has 0 unspecified atom stereocenters. The zero-order chi connectivity index (χ0) is 26.9. The third-order valence-electron chi connectivity index (χ3n) is 6.10. The van der Waals surface area contributed by atoms with Crippen LogP contribution >= 0.6 is 11.6 Å². The molecule has 0 aliphatic carbocycles. The summed E-state index contributed by atoms with van der Waals surface area (Å²) in [7, 11) is -2.98. The van der Waals surface area contributed by atoms with Crippen LogP contribution in [0.15, 0.2) is 56.8 Å². The number of nitrogens with zero attached hydrogens (tertiary/aromatic N) is 3. The number of ether oxygens (including phenoxy) is 1. The molecule has 2 heterocycles. The Kier molecular flexibility index (Phi) is 7.53. The molecular weight excluding hydrogens is 525 g/mol. The summed E-state index contributed by atoms with van der Waals surface area (Å²) in [6.45, 7) is 5.97. The fourth-order valence-electron chi connectivity index (χ4n) is 4.24. The van der Waals surface area contributed by atoms with E-state index in [1.165, 1.54) is 31.4 Å². The summed E-state index contributed by atoms with van der Waals surface area (Å²) >= 11 is 5.98. The average Bonchev–Trinajstić information content (AvgIpc) is 3.51. The highest BCUT2D eigenvalue weighted by Gasteiger charge is 2.34. The standard InChI is InChI=1S/C24H25ClFN5O5S/c1-5-31-12-15(11-27-31)17-7-8-18(26)21(13(17)2)14(3)22(23-28-29-24(32)36-23)30-37(33,34)20-9-6-16(25)10-19(20)35-4/h6-12,14,22,30H,5H2,1-4H3,(H,29,32)/t14-,22+/m1/s1. The van der Waals surface area contributed by atoms with E-state index in [0.717, 1.165) is 11.1 Å². The topological polar surface area (TPSA) is 132 Å². The van der Waals surface area contributed by atoms with E-state index in [1.807, 2.05) is 13.1 Å². The molecule has 4 aromatic rings. The summed E-state index contributed by atoms with van der Waals surface area (Å²) < 4.78 is 56.8. The molecule has 0 saturated carbocycles. The van der Waals surface area contributed by atoms with Gasteiger partial charge in [0.25, 0.3) is 0 Å². The first-order valence-corrected chi connectivity index (χ1v) is 13.1. The van der Waals surface area contributed by atoms with Crippen LogP contribution in [0.3, 0.4) is 0 Å². The Labute approximate surface area is 217 Å². The number of rotatable bonds is 9. The van der Waals surface area contributed by atoms with Crippen molar-refractivity contribution in [1.29, 1.82) is 0 Å². The van der Waals surface area contributed by atoms with Gasteiger partial charge in [0, 0.05) is 35.3 Å². The molecule has 4 rings (SSSR count). The number of aryl methyl sites for hydroxylation is 1. The van der Waals surface area contributed by atoms with E-state index >= 15 is 4.39 Å². The lowest BCUT2D eigenvalue weighted by atomic mass is 9.86. The fourth-order valence-corrected chi connectivity index (χ4v) is 5.83. The lowest BCUT2D eigenvalue weighted by Gasteiger charge is -2.25. The van der Waals surface area contributed by atoms with Gasteiger partial charge >= 0.3 is 5.76 Å². The zero-order valence-electron chi connectivity index (χ0n) is 20.5. The van der Waals surface area contributed by atoms with Gasteiger partial charge in [-0.25, -0.2) is 22.7 Å². The smallest absolute Gasteiger partial charge is 0.434 e. The molecule has 196 valence electrons. The van der Waals surface area contributed by atoms with E-state index in [2.05, 4.69) is 20.0 Å². The molecule has 0 radical (unpaired) electrons. The Hall–Kier alpha value is -3.48. The number of sulfonamides is 1. The highest BCUT2D eigenvalue weighted by molar-refractivity contribution is 7.89. The number of halogens is 2. The van der Waals surface area contributed by atoms with Crippen molar-refractivity contribution in [1.82, 2.24) is 24.7 Å². The van der Waals surface area contributed by atoms with Gasteiger partial charge in [0.1, 0.15) is 22.5 Å². The SMILES string of the molecule is CCn1cc(-c2ccc(F)c([C@@H](C)[C@H](NS(=O)(=O)c3ccc(Cl)cc3OC)c3n[nH]c(=O)o3)c2C)cn1. The normalized spacial score (nSPS) is 13.5. The summed E-state index contributed by atoms with van der Waals surface area (Å²) in [5, 5.41) is 10.5. The Morgan fingerprint density at radius 1 is 1.30 bits per heavy atom. The Morgan fingerprint density at radius 3 is 2.68 bits per heavy atom. The first kappa shape index (κ1) is 26.6. The number of H-pyrrole nitrogens is 1. The van der Waals surface area contributed by atoms with Crippen molar-refractivity contribution in [3.8, 4) is 16.9 Å². The number of hydrogen-bond acceptors (Lipinski definition) is 7. The fraction of sp³-hybridized carbons (Fsp3) is 0.292. The van der Waals surface area contributed by atoms with Crippen molar-refractivity contribution in [3.63, 3.8) is 0 Å². The van der Waals surface area contributed by atoms with Crippen LogP contribution in [0.1, 0.15) is 42.8 Å². The second kappa shape index (κ2) is 10.5. The summed E-state index contributed by atoms with van der Waals surface area (Å²) in [6, 6.07) is 5.73. The largest absolute Gasteiger partial charge is 0.495 e. The zero-order valence-corrected chi connectivity index (χ0v) is 22.0. The predicted molar refractivity (Wildman–Crippen MR) is 135 cm³/mol. The second-order valence-corrected chi connectivity index (χ2v) is 10.5. The molecule has 0 bridgehead atoms. The van der Waals surface area contributed by atoms with Gasteiger partial charge in [0.05, 0.1) is 13.3 Å². The van der Waals surface area contributed by atoms with E-state index in [0.29, 0.717) is 12.1 Å². The maximum Gasteiger partial charge on any atom is 0.434 e. The van der Waals surface area contributed by atoms with E-state index in [4.69, 9.17) is 20.8 Å². The summed E-state index contributed by atoms with van der Waals surface area (Å²) in [5.41, 5.74) is 2.31. The molecule has 0 spiro atoms. The van der Waals surface area contributed by atoms with E-state index in [1.54, 1.807) is 30.8 Å². The van der Waals surface area contributed by atoms with Crippen LogP contribution in [0.2, 0.25) is 5.02 Å². The van der Waals surface area contributed by atoms with Gasteiger partial charge in [-0.15, -0.1) is 5.10 Å². The lowest BCUT2D eigenvalue weighted by Crippen LogP contribution is -2.33. The number of benzene rings is 2. The molecule has 13 heteroatoms. The monoisotopic (exact) mass is 549 g/mol. The van der Waals surface area contributed by atoms with Gasteiger partial charge in [-0.3, -0.25) is 4.68 Å². The predicted octanol–water partition coefficient (Wildman–Crippen LogP) is 4.18. The molecular formula is C24H25ClFN5O5S. The van der Waals surface area contributed by atoms with Crippen molar-refractivity contribution >= 4 is 21.6 Å². The molecule has 0 fully saturated rings. The quantitative estimate of drug-likeness (QED) is 0.320. The van der Waals surface area contributed by atoms with Crippen LogP contribution in [0.4, 0.5) is 4.39 Å². The van der Waals surface area contributed by atoms with Crippen LogP contribution in [-0.2, 0) is 16.6 Å². The number of nitrogens with one attached hydrogen (secondary N) is 2. The van der Waals surface area contributed by atoms with Crippen molar-refractivity contribution in [2.75, 3.05) is 7.11 Å². The average molecular weight is 550 g/mol.